The van der Waals surface area contributed by atoms with Crippen LogP contribution in [0.1, 0.15) is 27.7 Å². The molecule has 0 aliphatic heterocycles. The zero-order valence-corrected chi connectivity index (χ0v) is 18.0. The van der Waals surface area contributed by atoms with E-state index in [1.54, 1.807) is 0 Å². The second-order valence-electron chi connectivity index (χ2n) is 6.24. The van der Waals surface area contributed by atoms with Crippen LogP contribution in [0.3, 0.4) is 0 Å². The van der Waals surface area contributed by atoms with Gasteiger partial charge >= 0.3 is 70.9 Å². The van der Waals surface area contributed by atoms with Crippen LogP contribution in [0.2, 0.25) is 0 Å². The van der Waals surface area contributed by atoms with Gasteiger partial charge in [-0.2, -0.15) is 0 Å². The number of carbonyl (C=O) groups excluding carboxylic acids is 6. The minimum absolute atomic E-state index is 0.398. The second kappa shape index (κ2) is 10.4. The van der Waals surface area contributed by atoms with Gasteiger partial charge in [-0.3, -0.25) is 19.2 Å². The maximum absolute atomic E-state index is 12.4. The summed E-state index contributed by atoms with van der Waals surface area (Å²) in [5, 5.41) is 59.0. The maximum Gasteiger partial charge on any atom is 0.395 e. The lowest BCUT2D eigenvalue weighted by Crippen LogP contribution is -2.71. The molecule has 4 unspecified atom stereocenters. The van der Waals surface area contributed by atoms with Crippen LogP contribution >= 0.6 is 0 Å². The number of hydrogen-bond donors (Lipinski definition) is 6. The highest BCUT2D eigenvalue weighted by Crippen LogP contribution is 2.32. The van der Waals surface area contributed by atoms with Gasteiger partial charge in [0.25, 0.3) is 0 Å². The Hall–Kier alpha value is -4.20. The van der Waals surface area contributed by atoms with Crippen molar-refractivity contribution in [1.82, 2.24) is 0 Å². The summed E-state index contributed by atoms with van der Waals surface area (Å²) in [6.45, 7) is 1.67. The summed E-state index contributed by atoms with van der Waals surface area (Å²) in [6, 6.07) is 0. The van der Waals surface area contributed by atoms with E-state index in [-0.39, 0.29) is 0 Å². The van der Waals surface area contributed by atoms with E-state index >= 15 is 0 Å². The van der Waals surface area contributed by atoms with Gasteiger partial charge < -0.3 is 54.3 Å². The lowest BCUT2D eigenvalue weighted by Gasteiger charge is -2.37. The van der Waals surface area contributed by atoms with Crippen LogP contribution in [0.25, 0.3) is 0 Å². The van der Waals surface area contributed by atoms with Crippen molar-refractivity contribution in [2.45, 2.75) is 50.8 Å². The fraction of sp³-hybridized carbons (Fsp3) is 0.500. The number of aliphatic hydroxyl groups is 4. The molecule has 0 spiro atoms. The standard InChI is InChI=1S/C16H18O19/c1-5(17)32-13(27,9(21)22)15(29,34-7(3)19)11(25)31-12(26)16(30,35-8(4)20)14(28,10(23)24)33-6(2)18/h27-30H,1-4H3,(H,21,22)(H,23,24). The van der Waals surface area contributed by atoms with E-state index in [1.807, 2.05) is 0 Å². The van der Waals surface area contributed by atoms with E-state index in [1.165, 1.54) is 0 Å². The molecule has 0 saturated carbocycles. The predicted molar refractivity (Wildman–Crippen MR) is 93.2 cm³/mol. The summed E-state index contributed by atoms with van der Waals surface area (Å²) in [5.41, 5.74) is 0. The molecule has 0 rings (SSSR count). The van der Waals surface area contributed by atoms with Gasteiger partial charge in [-0.25, -0.2) is 19.2 Å². The molecule has 6 N–H and O–H groups in total. The highest BCUT2D eigenvalue weighted by atomic mass is 16.8. The van der Waals surface area contributed by atoms with Crippen LogP contribution in [0.15, 0.2) is 0 Å². The van der Waals surface area contributed by atoms with Gasteiger partial charge in [0.05, 0.1) is 0 Å². The van der Waals surface area contributed by atoms with Crippen molar-refractivity contribution in [3.05, 3.63) is 0 Å². The molecule has 0 aliphatic carbocycles. The van der Waals surface area contributed by atoms with Crippen molar-refractivity contribution in [3.8, 4) is 0 Å². The summed E-state index contributed by atoms with van der Waals surface area (Å²) in [4.78, 5) is 92.6. The number of carbonyl (C=O) groups is 8. The van der Waals surface area contributed by atoms with E-state index in [9.17, 15) is 58.8 Å². The molecule has 4 atom stereocenters. The van der Waals surface area contributed by atoms with Crippen molar-refractivity contribution >= 4 is 47.8 Å². The van der Waals surface area contributed by atoms with Crippen molar-refractivity contribution in [3.63, 3.8) is 0 Å². The molecule has 0 heterocycles. The molecule has 0 aliphatic rings. The topological polar surface area (TPSA) is 304 Å². The fourth-order valence-corrected chi connectivity index (χ4v) is 2.07. The zero-order valence-electron chi connectivity index (χ0n) is 18.0. The first-order valence-corrected chi connectivity index (χ1v) is 8.52. The average molecular weight is 514 g/mol. The molecule has 0 aromatic carbocycles. The van der Waals surface area contributed by atoms with Crippen LogP contribution in [0.4, 0.5) is 0 Å². The van der Waals surface area contributed by atoms with Crippen molar-refractivity contribution < 1.29 is 92.7 Å². The molecule has 19 nitrogen and oxygen atoms in total. The largest absolute Gasteiger partial charge is 0.476 e. The summed E-state index contributed by atoms with van der Waals surface area (Å²) in [6.07, 6.45) is 0. The van der Waals surface area contributed by atoms with Gasteiger partial charge in [0.2, 0.25) is 0 Å². The monoisotopic (exact) mass is 514 g/mol. The number of carboxylic acids is 2. The Morgan fingerprint density at radius 3 is 0.829 bits per heavy atom. The Morgan fingerprint density at radius 1 is 0.457 bits per heavy atom. The Bertz CT molecular complexity index is 892. The first-order chi connectivity index (χ1) is 15.6. The van der Waals surface area contributed by atoms with Crippen LogP contribution in [0.5, 0.6) is 0 Å². The van der Waals surface area contributed by atoms with Crippen molar-refractivity contribution in [2.75, 3.05) is 0 Å². The third-order valence-corrected chi connectivity index (χ3v) is 3.40. The molecule has 0 fully saturated rings. The zero-order chi connectivity index (χ0) is 28.2. The number of esters is 6. The SMILES string of the molecule is CC(=O)OC(O)(C(=O)O)C(O)(OC(C)=O)C(=O)OC(=O)C(O)(OC(C)=O)C(O)(OC(C)=O)C(=O)O. The van der Waals surface area contributed by atoms with Crippen LogP contribution in [-0.4, -0.2) is 102 Å². The molecule has 0 aromatic heterocycles. The minimum atomic E-state index is -4.67. The van der Waals surface area contributed by atoms with Crippen LogP contribution in [0, 0.1) is 0 Å². The Labute approximate surface area is 192 Å². The lowest BCUT2D eigenvalue weighted by molar-refractivity contribution is -0.348. The summed E-state index contributed by atoms with van der Waals surface area (Å²) in [7, 11) is 0. The van der Waals surface area contributed by atoms with Gasteiger partial charge in [-0.15, -0.1) is 0 Å². The van der Waals surface area contributed by atoms with Gasteiger partial charge in [0, 0.05) is 27.7 Å². The molecule has 0 bridgehead atoms. The summed E-state index contributed by atoms with van der Waals surface area (Å²) in [5.74, 6) is -37.0. The molecule has 196 valence electrons. The Balaban J connectivity index is 6.84. The first-order valence-electron chi connectivity index (χ1n) is 8.52. The molecule has 0 aromatic rings. The summed E-state index contributed by atoms with van der Waals surface area (Å²) >= 11 is 0. The van der Waals surface area contributed by atoms with Crippen LogP contribution in [-0.2, 0) is 62.0 Å². The number of rotatable bonds is 10. The van der Waals surface area contributed by atoms with E-state index in [0.29, 0.717) is 27.7 Å². The van der Waals surface area contributed by atoms with Gasteiger partial charge in [0.15, 0.2) is 0 Å². The highest BCUT2D eigenvalue weighted by molar-refractivity contribution is 6.01. The maximum atomic E-state index is 12.4. The minimum Gasteiger partial charge on any atom is -0.476 e. The van der Waals surface area contributed by atoms with Crippen molar-refractivity contribution in [1.29, 1.82) is 0 Å². The average Bonchev–Trinajstić information content (AvgIpc) is 2.64. The van der Waals surface area contributed by atoms with Gasteiger partial charge in [-0.1, -0.05) is 0 Å². The predicted octanol–water partition coefficient (Wildman–Crippen LogP) is -4.77. The number of carboxylic acid groups (broad SMARTS) is 2. The molecular formula is C16H18O19. The second-order valence-corrected chi connectivity index (χ2v) is 6.24. The number of ether oxygens (including phenoxy) is 5. The third kappa shape index (κ3) is 6.03. The molecule has 0 saturated heterocycles. The Kier molecular flexibility index (Phi) is 9.13. The van der Waals surface area contributed by atoms with Gasteiger partial charge in [-0.05, 0) is 0 Å². The highest BCUT2D eigenvalue weighted by Gasteiger charge is 2.73. The molecule has 35 heavy (non-hydrogen) atoms. The van der Waals surface area contributed by atoms with E-state index < -0.39 is 70.9 Å². The normalized spacial score (nSPS) is 17.5. The number of hydrogen-bond acceptors (Lipinski definition) is 17. The third-order valence-electron chi connectivity index (χ3n) is 3.40. The molecule has 19 heteroatoms. The molecule has 0 amide bonds. The van der Waals surface area contributed by atoms with Crippen LogP contribution < -0.4 is 0 Å². The number of aliphatic carboxylic acids is 2. The first kappa shape index (κ1) is 30.8. The lowest BCUT2D eigenvalue weighted by atomic mass is 10.0. The smallest absolute Gasteiger partial charge is 0.395 e. The van der Waals surface area contributed by atoms with E-state index in [2.05, 4.69) is 23.7 Å². The Morgan fingerprint density at radius 2 is 0.657 bits per heavy atom. The summed E-state index contributed by atoms with van der Waals surface area (Å²) < 4.78 is 19.5. The molecular weight excluding hydrogens is 496 g/mol. The van der Waals surface area contributed by atoms with Crippen molar-refractivity contribution in [2.24, 2.45) is 0 Å². The van der Waals surface area contributed by atoms with E-state index in [0.717, 1.165) is 0 Å². The van der Waals surface area contributed by atoms with Gasteiger partial charge in [0.1, 0.15) is 0 Å². The molecule has 0 radical (unpaired) electrons. The fourth-order valence-electron chi connectivity index (χ4n) is 2.07. The quantitative estimate of drug-likeness (QED) is 0.0689. The van der Waals surface area contributed by atoms with E-state index in [4.69, 9.17) is 10.2 Å².